The van der Waals surface area contributed by atoms with Gasteiger partial charge in [0.05, 0.1) is 72.7 Å². The highest BCUT2D eigenvalue weighted by atomic mass is 19.1. The van der Waals surface area contributed by atoms with Crippen molar-refractivity contribution in [1.82, 2.24) is 0 Å². The van der Waals surface area contributed by atoms with E-state index in [2.05, 4.69) is 6.92 Å². The molecule has 0 unspecified atom stereocenters. The molecule has 0 bridgehead atoms. The summed E-state index contributed by atoms with van der Waals surface area (Å²) in [7, 11) is 0. The smallest absolute Gasteiger partial charge is 0.113 e. The van der Waals surface area contributed by atoms with Crippen LogP contribution in [-0.4, -0.2) is 86.0 Å². The van der Waals surface area contributed by atoms with Crippen molar-refractivity contribution in [2.45, 2.75) is 71.1 Å². The predicted molar refractivity (Wildman–Crippen MR) is 123 cm³/mol. The summed E-state index contributed by atoms with van der Waals surface area (Å²) in [4.78, 5) is 0. The van der Waals surface area contributed by atoms with E-state index in [4.69, 9.17) is 28.4 Å². The van der Waals surface area contributed by atoms with Crippen molar-refractivity contribution < 1.29 is 32.8 Å². The maximum absolute atomic E-state index is 11.8. The van der Waals surface area contributed by atoms with Crippen molar-refractivity contribution in [2.24, 2.45) is 0 Å². The van der Waals surface area contributed by atoms with E-state index in [0.717, 1.165) is 13.0 Å². The van der Waals surface area contributed by atoms with Crippen LogP contribution in [0.1, 0.15) is 71.1 Å². The van der Waals surface area contributed by atoms with E-state index in [-0.39, 0.29) is 6.61 Å². The van der Waals surface area contributed by atoms with Crippen LogP contribution in [0, 0.1) is 0 Å². The maximum Gasteiger partial charge on any atom is 0.113 e. The molecule has 0 aromatic heterocycles. The Bertz CT molecular complexity index is 282. The van der Waals surface area contributed by atoms with Gasteiger partial charge < -0.3 is 28.4 Å². The second-order valence-corrected chi connectivity index (χ2v) is 7.55. The lowest BCUT2D eigenvalue weighted by molar-refractivity contribution is -0.0172. The molecule has 0 aliphatic carbocycles. The Labute approximate surface area is 190 Å². The molecular formula is C24H49FO6. The fraction of sp³-hybridized carbons (Fsp3) is 1.00. The van der Waals surface area contributed by atoms with Crippen molar-refractivity contribution in [3.63, 3.8) is 0 Å². The van der Waals surface area contributed by atoms with E-state index >= 15 is 0 Å². The SMILES string of the molecule is CCCCCCCCCCCCOCCOCCOCCOCCOCCOCCF. The van der Waals surface area contributed by atoms with Crippen LogP contribution in [0.25, 0.3) is 0 Å². The van der Waals surface area contributed by atoms with Gasteiger partial charge >= 0.3 is 0 Å². The van der Waals surface area contributed by atoms with Crippen molar-refractivity contribution in [2.75, 3.05) is 86.0 Å². The van der Waals surface area contributed by atoms with Gasteiger partial charge in [-0.2, -0.15) is 0 Å². The highest BCUT2D eigenvalue weighted by Gasteiger charge is 1.95. The zero-order chi connectivity index (χ0) is 22.5. The molecule has 0 amide bonds. The molecule has 0 fully saturated rings. The molecule has 0 radical (unpaired) electrons. The minimum atomic E-state index is -0.457. The second kappa shape index (κ2) is 29.7. The molecule has 0 aromatic rings. The van der Waals surface area contributed by atoms with Gasteiger partial charge in [0.1, 0.15) is 6.67 Å². The molecule has 0 aliphatic heterocycles. The number of halogens is 1. The average Bonchev–Trinajstić information content (AvgIpc) is 2.78. The van der Waals surface area contributed by atoms with Gasteiger partial charge in [0.15, 0.2) is 0 Å². The number of hydrogen-bond acceptors (Lipinski definition) is 6. The van der Waals surface area contributed by atoms with Crippen LogP contribution in [-0.2, 0) is 28.4 Å². The molecule has 0 aromatic carbocycles. The van der Waals surface area contributed by atoms with Gasteiger partial charge in [-0.05, 0) is 6.42 Å². The van der Waals surface area contributed by atoms with Crippen molar-refractivity contribution >= 4 is 0 Å². The zero-order valence-corrected chi connectivity index (χ0v) is 20.1. The standard InChI is InChI=1S/C24H49FO6/c1-2-3-4-5-6-7-8-9-10-11-13-26-15-17-28-19-21-30-23-24-31-22-20-29-18-16-27-14-12-25/h2-24H2,1H3. The summed E-state index contributed by atoms with van der Waals surface area (Å²) in [6.07, 6.45) is 13.4. The van der Waals surface area contributed by atoms with Gasteiger partial charge in [-0.25, -0.2) is 4.39 Å². The van der Waals surface area contributed by atoms with Crippen LogP contribution in [0.2, 0.25) is 0 Å². The summed E-state index contributed by atoms with van der Waals surface area (Å²) in [5.74, 6) is 0. The molecule has 0 spiro atoms. The summed E-state index contributed by atoms with van der Waals surface area (Å²) in [5, 5.41) is 0. The topological polar surface area (TPSA) is 55.4 Å². The van der Waals surface area contributed by atoms with Crippen LogP contribution in [0.15, 0.2) is 0 Å². The fourth-order valence-electron chi connectivity index (χ4n) is 2.95. The molecular weight excluding hydrogens is 403 g/mol. The molecule has 188 valence electrons. The third-order valence-electron chi connectivity index (χ3n) is 4.72. The normalized spacial score (nSPS) is 11.4. The van der Waals surface area contributed by atoms with Crippen LogP contribution >= 0.6 is 0 Å². The molecule has 0 saturated carbocycles. The lowest BCUT2D eigenvalue weighted by Crippen LogP contribution is -2.14. The first-order chi connectivity index (χ1) is 15.4. The van der Waals surface area contributed by atoms with Gasteiger partial charge in [0.25, 0.3) is 0 Å². The minimum Gasteiger partial charge on any atom is -0.379 e. The van der Waals surface area contributed by atoms with E-state index in [1.807, 2.05) is 0 Å². The Morgan fingerprint density at radius 1 is 0.355 bits per heavy atom. The Morgan fingerprint density at radius 3 is 1.00 bits per heavy atom. The first-order valence-corrected chi connectivity index (χ1v) is 12.4. The molecule has 0 saturated heterocycles. The number of alkyl halides is 1. The van der Waals surface area contributed by atoms with E-state index in [1.165, 1.54) is 57.8 Å². The third-order valence-corrected chi connectivity index (χ3v) is 4.72. The molecule has 31 heavy (non-hydrogen) atoms. The van der Waals surface area contributed by atoms with Gasteiger partial charge in [-0.1, -0.05) is 64.7 Å². The van der Waals surface area contributed by atoms with E-state index < -0.39 is 6.67 Å². The highest BCUT2D eigenvalue weighted by Crippen LogP contribution is 2.10. The molecule has 0 heterocycles. The van der Waals surface area contributed by atoms with E-state index in [9.17, 15) is 4.39 Å². The lowest BCUT2D eigenvalue weighted by atomic mass is 10.1. The Balaban J connectivity index is 2.98. The van der Waals surface area contributed by atoms with Crippen LogP contribution in [0.3, 0.4) is 0 Å². The number of ether oxygens (including phenoxy) is 6. The maximum atomic E-state index is 11.8. The van der Waals surface area contributed by atoms with Crippen LogP contribution in [0.4, 0.5) is 4.39 Å². The predicted octanol–water partition coefficient (Wildman–Crippen LogP) is 4.98. The number of hydrogen-bond donors (Lipinski definition) is 0. The lowest BCUT2D eigenvalue weighted by Gasteiger charge is -2.08. The quantitative estimate of drug-likeness (QED) is 0.156. The van der Waals surface area contributed by atoms with Gasteiger partial charge in [-0.15, -0.1) is 0 Å². The van der Waals surface area contributed by atoms with Crippen molar-refractivity contribution in [3.05, 3.63) is 0 Å². The molecule has 0 N–H and O–H groups in total. The molecule has 6 nitrogen and oxygen atoms in total. The highest BCUT2D eigenvalue weighted by molar-refractivity contribution is 4.47. The molecule has 0 aliphatic rings. The van der Waals surface area contributed by atoms with Crippen molar-refractivity contribution in [1.29, 1.82) is 0 Å². The molecule has 0 atom stereocenters. The first-order valence-electron chi connectivity index (χ1n) is 12.4. The fourth-order valence-corrected chi connectivity index (χ4v) is 2.95. The summed E-state index contributed by atoms with van der Waals surface area (Å²) < 4.78 is 43.9. The first kappa shape index (κ1) is 30.7. The van der Waals surface area contributed by atoms with Crippen LogP contribution in [0.5, 0.6) is 0 Å². The number of unbranched alkanes of at least 4 members (excludes halogenated alkanes) is 9. The van der Waals surface area contributed by atoms with Gasteiger partial charge in [0, 0.05) is 6.61 Å². The Morgan fingerprint density at radius 2 is 0.645 bits per heavy atom. The number of rotatable bonds is 28. The van der Waals surface area contributed by atoms with Gasteiger partial charge in [-0.3, -0.25) is 0 Å². The van der Waals surface area contributed by atoms with Gasteiger partial charge in [0.2, 0.25) is 0 Å². The summed E-state index contributed by atoms with van der Waals surface area (Å²) in [5.41, 5.74) is 0. The summed E-state index contributed by atoms with van der Waals surface area (Å²) >= 11 is 0. The Hall–Kier alpha value is -0.310. The summed E-state index contributed by atoms with van der Waals surface area (Å²) in [6, 6.07) is 0. The molecule has 0 rings (SSSR count). The van der Waals surface area contributed by atoms with Crippen LogP contribution < -0.4 is 0 Å². The van der Waals surface area contributed by atoms with E-state index in [1.54, 1.807) is 0 Å². The average molecular weight is 453 g/mol. The van der Waals surface area contributed by atoms with E-state index in [0.29, 0.717) is 66.1 Å². The summed E-state index contributed by atoms with van der Waals surface area (Å²) in [6.45, 7) is 8.13. The second-order valence-electron chi connectivity index (χ2n) is 7.55. The third kappa shape index (κ3) is 29.7. The molecule has 7 heteroatoms. The van der Waals surface area contributed by atoms with Crippen molar-refractivity contribution in [3.8, 4) is 0 Å². The Kier molecular flexibility index (Phi) is 29.4. The minimum absolute atomic E-state index is 0.132. The largest absolute Gasteiger partial charge is 0.379 e. The zero-order valence-electron chi connectivity index (χ0n) is 20.1. The monoisotopic (exact) mass is 452 g/mol.